The van der Waals surface area contributed by atoms with Gasteiger partial charge in [0.25, 0.3) is 0 Å². The zero-order chi connectivity index (χ0) is 15.1. The number of aromatic nitrogens is 1. The van der Waals surface area contributed by atoms with Gasteiger partial charge in [-0.2, -0.15) is 0 Å². The van der Waals surface area contributed by atoms with Crippen LogP contribution in [0.25, 0.3) is 0 Å². The van der Waals surface area contributed by atoms with E-state index in [0.29, 0.717) is 6.04 Å². The summed E-state index contributed by atoms with van der Waals surface area (Å²) in [5, 5.41) is 3.45. The zero-order valence-electron chi connectivity index (χ0n) is 13.7. The average molecular weight is 279 g/mol. The number of hydrogen-bond donors (Lipinski definition) is 1. The second-order valence-corrected chi connectivity index (χ2v) is 5.83. The standard InChI is InChI=1S/C16H29N3O/c1-12(2)17-10-15-11-18-14(5)9-16(15)19(6)7-8-20-13(3)4/h9,11-13,17H,7-8,10H2,1-6H3. The molecule has 0 aliphatic heterocycles. The van der Waals surface area contributed by atoms with E-state index in [2.05, 4.69) is 56.0 Å². The van der Waals surface area contributed by atoms with Crippen LogP contribution in [0.2, 0.25) is 0 Å². The SMILES string of the molecule is Cc1cc(N(C)CCOC(C)C)c(CNC(C)C)cn1. The highest BCUT2D eigenvalue weighted by Crippen LogP contribution is 2.19. The molecule has 1 heterocycles. The Kier molecular flexibility index (Phi) is 6.96. The lowest BCUT2D eigenvalue weighted by molar-refractivity contribution is 0.0846. The van der Waals surface area contributed by atoms with Crippen molar-refractivity contribution in [3.05, 3.63) is 23.5 Å². The quantitative estimate of drug-likeness (QED) is 0.794. The number of nitrogens with zero attached hydrogens (tertiary/aromatic N) is 2. The lowest BCUT2D eigenvalue weighted by Gasteiger charge is -2.24. The van der Waals surface area contributed by atoms with Crippen LogP contribution in [-0.4, -0.2) is 37.3 Å². The molecule has 4 nitrogen and oxygen atoms in total. The molecule has 0 unspecified atom stereocenters. The Labute approximate surface area is 123 Å². The van der Waals surface area contributed by atoms with Crippen LogP contribution in [-0.2, 0) is 11.3 Å². The Bertz CT molecular complexity index is 405. The first kappa shape index (κ1) is 16.9. The van der Waals surface area contributed by atoms with Gasteiger partial charge in [-0.05, 0) is 26.8 Å². The summed E-state index contributed by atoms with van der Waals surface area (Å²) in [5.41, 5.74) is 3.51. The van der Waals surface area contributed by atoms with Gasteiger partial charge in [0.15, 0.2) is 0 Å². The van der Waals surface area contributed by atoms with Crippen molar-refractivity contribution < 1.29 is 4.74 Å². The Morgan fingerprint density at radius 3 is 2.60 bits per heavy atom. The monoisotopic (exact) mass is 279 g/mol. The van der Waals surface area contributed by atoms with Crippen LogP contribution in [0, 0.1) is 6.92 Å². The molecule has 0 aliphatic rings. The van der Waals surface area contributed by atoms with Crippen molar-refractivity contribution in [1.29, 1.82) is 0 Å². The van der Waals surface area contributed by atoms with Gasteiger partial charge < -0.3 is 15.0 Å². The van der Waals surface area contributed by atoms with E-state index >= 15 is 0 Å². The fourth-order valence-corrected chi connectivity index (χ4v) is 1.93. The predicted molar refractivity (Wildman–Crippen MR) is 85.3 cm³/mol. The van der Waals surface area contributed by atoms with Gasteiger partial charge in [-0.15, -0.1) is 0 Å². The summed E-state index contributed by atoms with van der Waals surface area (Å²) < 4.78 is 5.63. The van der Waals surface area contributed by atoms with E-state index in [1.165, 1.54) is 11.3 Å². The van der Waals surface area contributed by atoms with Crippen LogP contribution >= 0.6 is 0 Å². The number of anilines is 1. The summed E-state index contributed by atoms with van der Waals surface area (Å²) in [5.74, 6) is 0. The van der Waals surface area contributed by atoms with Crippen LogP contribution in [0.1, 0.15) is 39.0 Å². The number of pyridine rings is 1. The molecule has 20 heavy (non-hydrogen) atoms. The summed E-state index contributed by atoms with van der Waals surface area (Å²) in [6.07, 6.45) is 2.25. The number of rotatable bonds is 8. The Morgan fingerprint density at radius 1 is 1.30 bits per heavy atom. The first-order chi connectivity index (χ1) is 9.40. The number of nitrogens with one attached hydrogen (secondary N) is 1. The van der Waals surface area contributed by atoms with E-state index in [9.17, 15) is 0 Å². The molecular formula is C16H29N3O. The minimum Gasteiger partial charge on any atom is -0.377 e. The second kappa shape index (κ2) is 8.22. The Hall–Kier alpha value is -1.13. The molecule has 0 aromatic carbocycles. The maximum atomic E-state index is 5.63. The van der Waals surface area contributed by atoms with Gasteiger partial charge in [-0.3, -0.25) is 4.98 Å². The van der Waals surface area contributed by atoms with Gasteiger partial charge in [0.2, 0.25) is 0 Å². The van der Waals surface area contributed by atoms with Crippen LogP contribution in [0.3, 0.4) is 0 Å². The van der Waals surface area contributed by atoms with E-state index in [-0.39, 0.29) is 6.10 Å². The third-order valence-electron chi connectivity index (χ3n) is 3.09. The van der Waals surface area contributed by atoms with Crippen LogP contribution in [0.4, 0.5) is 5.69 Å². The largest absolute Gasteiger partial charge is 0.377 e. The van der Waals surface area contributed by atoms with Crippen LogP contribution in [0.15, 0.2) is 12.3 Å². The van der Waals surface area contributed by atoms with Gasteiger partial charge in [0.05, 0.1) is 12.7 Å². The van der Waals surface area contributed by atoms with E-state index in [0.717, 1.165) is 25.4 Å². The molecule has 0 saturated carbocycles. The molecular weight excluding hydrogens is 250 g/mol. The predicted octanol–water partition coefficient (Wildman–Crippen LogP) is 2.75. The summed E-state index contributed by atoms with van der Waals surface area (Å²) in [4.78, 5) is 6.66. The fourth-order valence-electron chi connectivity index (χ4n) is 1.93. The molecule has 0 saturated heterocycles. The third kappa shape index (κ3) is 5.88. The van der Waals surface area contributed by atoms with Crippen molar-refractivity contribution >= 4 is 5.69 Å². The van der Waals surface area contributed by atoms with Crippen molar-refractivity contribution in [2.45, 2.75) is 53.3 Å². The number of likely N-dealkylation sites (N-methyl/N-ethyl adjacent to an activating group) is 1. The van der Waals surface area contributed by atoms with Gasteiger partial charge in [-0.25, -0.2) is 0 Å². The molecule has 0 atom stereocenters. The van der Waals surface area contributed by atoms with Gasteiger partial charge in [0, 0.05) is 49.3 Å². The summed E-state index contributed by atoms with van der Waals surface area (Å²) in [6, 6.07) is 2.62. The highest BCUT2D eigenvalue weighted by Gasteiger charge is 2.09. The molecule has 1 rings (SSSR count). The first-order valence-corrected chi connectivity index (χ1v) is 7.41. The van der Waals surface area contributed by atoms with Crippen molar-refractivity contribution in [2.75, 3.05) is 25.1 Å². The number of ether oxygens (including phenoxy) is 1. The van der Waals surface area contributed by atoms with Crippen molar-refractivity contribution in [1.82, 2.24) is 10.3 Å². The Balaban J connectivity index is 2.71. The van der Waals surface area contributed by atoms with Gasteiger partial charge >= 0.3 is 0 Å². The summed E-state index contributed by atoms with van der Waals surface area (Å²) in [6.45, 7) is 12.9. The second-order valence-electron chi connectivity index (χ2n) is 5.83. The van der Waals surface area contributed by atoms with Crippen LogP contribution in [0.5, 0.6) is 0 Å². The number of hydrogen-bond acceptors (Lipinski definition) is 4. The third-order valence-corrected chi connectivity index (χ3v) is 3.09. The highest BCUT2D eigenvalue weighted by molar-refractivity contribution is 5.53. The molecule has 0 aliphatic carbocycles. The summed E-state index contributed by atoms with van der Waals surface area (Å²) >= 11 is 0. The molecule has 0 amide bonds. The summed E-state index contributed by atoms with van der Waals surface area (Å²) in [7, 11) is 2.11. The van der Waals surface area contributed by atoms with Crippen LogP contribution < -0.4 is 10.2 Å². The van der Waals surface area contributed by atoms with Gasteiger partial charge in [0.1, 0.15) is 0 Å². The van der Waals surface area contributed by atoms with E-state index < -0.39 is 0 Å². The molecule has 4 heteroatoms. The minimum atomic E-state index is 0.282. The molecule has 114 valence electrons. The van der Waals surface area contributed by atoms with E-state index in [1.807, 2.05) is 13.1 Å². The highest BCUT2D eigenvalue weighted by atomic mass is 16.5. The molecule has 0 bridgehead atoms. The Morgan fingerprint density at radius 2 is 2.00 bits per heavy atom. The van der Waals surface area contributed by atoms with Crippen molar-refractivity contribution in [3.63, 3.8) is 0 Å². The van der Waals surface area contributed by atoms with Gasteiger partial charge in [-0.1, -0.05) is 13.8 Å². The molecule has 1 aromatic rings. The minimum absolute atomic E-state index is 0.282. The maximum absolute atomic E-state index is 5.63. The van der Waals surface area contributed by atoms with E-state index in [4.69, 9.17) is 4.74 Å². The molecule has 0 spiro atoms. The molecule has 0 radical (unpaired) electrons. The smallest absolute Gasteiger partial charge is 0.0644 e. The average Bonchev–Trinajstić information content (AvgIpc) is 2.36. The van der Waals surface area contributed by atoms with E-state index in [1.54, 1.807) is 0 Å². The topological polar surface area (TPSA) is 37.4 Å². The normalized spacial score (nSPS) is 11.4. The molecule has 1 aromatic heterocycles. The lowest BCUT2D eigenvalue weighted by atomic mass is 10.2. The van der Waals surface area contributed by atoms with Crippen molar-refractivity contribution in [3.8, 4) is 0 Å². The van der Waals surface area contributed by atoms with Crippen molar-refractivity contribution in [2.24, 2.45) is 0 Å². The maximum Gasteiger partial charge on any atom is 0.0644 e. The lowest BCUT2D eigenvalue weighted by Crippen LogP contribution is -2.27. The first-order valence-electron chi connectivity index (χ1n) is 7.41. The molecule has 1 N–H and O–H groups in total. The zero-order valence-corrected chi connectivity index (χ0v) is 13.7. The fraction of sp³-hybridized carbons (Fsp3) is 0.688. The number of aryl methyl sites for hydroxylation is 1. The molecule has 0 fully saturated rings.